The molecule has 2 aliphatic rings. The Kier molecular flexibility index (Phi) is 4.84. The first kappa shape index (κ1) is 12.9. The molecular weight excluding hydrogens is 212 g/mol. The summed E-state index contributed by atoms with van der Waals surface area (Å²) in [5.74, 6) is 1.24. The van der Waals surface area contributed by atoms with Crippen LogP contribution >= 0.6 is 0 Å². The Labute approximate surface area is 105 Å². The molecule has 0 radical (unpaired) electrons. The maximum Gasteiger partial charge on any atom is 0.223 e. The van der Waals surface area contributed by atoms with E-state index in [0.29, 0.717) is 11.8 Å². The summed E-state index contributed by atoms with van der Waals surface area (Å²) < 4.78 is 0. The summed E-state index contributed by atoms with van der Waals surface area (Å²) in [6, 6.07) is 0. The van der Waals surface area contributed by atoms with Crippen LogP contribution in [-0.2, 0) is 4.79 Å². The molecule has 1 saturated heterocycles. The van der Waals surface area contributed by atoms with Crippen molar-refractivity contribution in [3.05, 3.63) is 0 Å². The number of likely N-dealkylation sites (tertiary alicyclic amines) is 1. The van der Waals surface area contributed by atoms with E-state index in [1.54, 1.807) is 0 Å². The van der Waals surface area contributed by atoms with E-state index in [2.05, 4.69) is 17.1 Å². The zero-order chi connectivity index (χ0) is 12.1. The number of hydrogen-bond donors (Lipinski definition) is 1. The predicted molar refractivity (Wildman–Crippen MR) is 69.8 cm³/mol. The topological polar surface area (TPSA) is 32.3 Å². The molecule has 0 bridgehead atoms. The molecule has 3 heteroatoms. The van der Waals surface area contributed by atoms with E-state index in [0.717, 1.165) is 25.9 Å². The number of carbonyl (C=O) groups excluding carboxylic acids is 1. The van der Waals surface area contributed by atoms with Gasteiger partial charge in [-0.25, -0.2) is 0 Å². The lowest BCUT2D eigenvalue weighted by Gasteiger charge is -2.19. The smallest absolute Gasteiger partial charge is 0.223 e. The molecule has 98 valence electrons. The Balaban J connectivity index is 1.51. The fourth-order valence-corrected chi connectivity index (χ4v) is 2.69. The predicted octanol–water partition coefficient (Wildman–Crippen LogP) is 2.02. The van der Waals surface area contributed by atoms with Gasteiger partial charge in [0.15, 0.2) is 0 Å². The summed E-state index contributed by atoms with van der Waals surface area (Å²) in [7, 11) is 0. The third-order valence-electron chi connectivity index (χ3n) is 4.10. The van der Waals surface area contributed by atoms with E-state index in [4.69, 9.17) is 0 Å². The van der Waals surface area contributed by atoms with Crippen molar-refractivity contribution in [3.8, 4) is 0 Å². The van der Waals surface area contributed by atoms with Crippen molar-refractivity contribution in [1.82, 2.24) is 10.2 Å². The zero-order valence-corrected chi connectivity index (χ0v) is 11.1. The maximum absolute atomic E-state index is 11.6. The highest BCUT2D eigenvalue weighted by atomic mass is 16.2. The molecule has 0 aromatic rings. The molecule has 0 spiro atoms. The Hall–Kier alpha value is -0.570. The molecule has 0 unspecified atom stereocenters. The molecule has 0 aromatic heterocycles. The molecule has 2 rings (SSSR count). The number of amides is 1. The number of nitrogens with one attached hydrogen (secondary N) is 1. The highest BCUT2D eigenvalue weighted by Gasteiger charge is 2.38. The van der Waals surface area contributed by atoms with Gasteiger partial charge in [-0.1, -0.05) is 19.8 Å². The van der Waals surface area contributed by atoms with E-state index in [1.165, 1.54) is 38.8 Å². The second kappa shape index (κ2) is 6.39. The van der Waals surface area contributed by atoms with E-state index >= 15 is 0 Å². The maximum atomic E-state index is 11.6. The largest absolute Gasteiger partial charge is 0.356 e. The lowest BCUT2D eigenvalue weighted by molar-refractivity contribution is -0.122. The number of carbonyl (C=O) groups is 1. The molecule has 1 aliphatic carbocycles. The van der Waals surface area contributed by atoms with Gasteiger partial charge in [0.25, 0.3) is 0 Å². The normalized spacial score (nSPS) is 29.7. The van der Waals surface area contributed by atoms with Gasteiger partial charge in [0.05, 0.1) is 0 Å². The van der Waals surface area contributed by atoms with Gasteiger partial charge in [0.2, 0.25) is 5.91 Å². The summed E-state index contributed by atoms with van der Waals surface area (Å²) in [6.45, 7) is 6.68. The quantitative estimate of drug-likeness (QED) is 0.743. The lowest BCUT2D eigenvalue weighted by Crippen LogP contribution is -2.31. The van der Waals surface area contributed by atoms with Gasteiger partial charge in [-0.3, -0.25) is 4.79 Å². The molecule has 17 heavy (non-hydrogen) atoms. The minimum atomic E-state index is 0.286. The van der Waals surface area contributed by atoms with Crippen LogP contribution in [0.15, 0.2) is 0 Å². The molecule has 1 amide bonds. The van der Waals surface area contributed by atoms with E-state index in [-0.39, 0.29) is 5.91 Å². The van der Waals surface area contributed by atoms with E-state index in [9.17, 15) is 4.79 Å². The van der Waals surface area contributed by atoms with Gasteiger partial charge in [0, 0.05) is 12.5 Å². The summed E-state index contributed by atoms with van der Waals surface area (Å²) in [6.07, 6.45) is 7.70. The van der Waals surface area contributed by atoms with Crippen molar-refractivity contribution in [2.75, 3.05) is 26.2 Å². The summed E-state index contributed by atoms with van der Waals surface area (Å²) in [5, 5.41) is 3.06. The van der Waals surface area contributed by atoms with Gasteiger partial charge in [-0.05, 0) is 51.2 Å². The Morgan fingerprint density at radius 3 is 2.47 bits per heavy atom. The Morgan fingerprint density at radius 1 is 1.24 bits per heavy atom. The standard InChI is InChI=1S/C14H26N2O/c1-12-11-13(12)14(17)15-7-6-10-16-8-4-2-3-5-9-16/h12-13H,2-11H2,1H3,(H,15,17)/t12-,13+/m0/s1. The van der Waals surface area contributed by atoms with Crippen LogP contribution < -0.4 is 5.32 Å². The summed E-state index contributed by atoms with van der Waals surface area (Å²) >= 11 is 0. The van der Waals surface area contributed by atoms with Crippen molar-refractivity contribution in [1.29, 1.82) is 0 Å². The first-order chi connectivity index (χ1) is 8.27. The van der Waals surface area contributed by atoms with Crippen LogP contribution in [0.4, 0.5) is 0 Å². The van der Waals surface area contributed by atoms with Crippen LogP contribution in [0, 0.1) is 11.8 Å². The Morgan fingerprint density at radius 2 is 1.88 bits per heavy atom. The number of hydrogen-bond acceptors (Lipinski definition) is 2. The van der Waals surface area contributed by atoms with Gasteiger partial charge in [-0.2, -0.15) is 0 Å². The van der Waals surface area contributed by atoms with Crippen LogP contribution in [0.2, 0.25) is 0 Å². The van der Waals surface area contributed by atoms with Gasteiger partial charge in [-0.15, -0.1) is 0 Å². The fraction of sp³-hybridized carbons (Fsp3) is 0.929. The van der Waals surface area contributed by atoms with Gasteiger partial charge < -0.3 is 10.2 Å². The van der Waals surface area contributed by atoms with E-state index in [1.807, 2.05) is 0 Å². The van der Waals surface area contributed by atoms with Gasteiger partial charge in [0.1, 0.15) is 0 Å². The molecule has 1 N–H and O–H groups in total. The second-order valence-electron chi connectivity index (χ2n) is 5.72. The molecule has 0 aromatic carbocycles. The third-order valence-corrected chi connectivity index (χ3v) is 4.10. The first-order valence-electron chi connectivity index (χ1n) is 7.27. The van der Waals surface area contributed by atoms with Crippen LogP contribution in [0.5, 0.6) is 0 Å². The van der Waals surface area contributed by atoms with Crippen molar-refractivity contribution >= 4 is 5.91 Å². The monoisotopic (exact) mass is 238 g/mol. The molecule has 1 aliphatic heterocycles. The average Bonchev–Trinajstić information content (AvgIpc) is 3.08. The minimum Gasteiger partial charge on any atom is -0.356 e. The molecule has 2 atom stereocenters. The third kappa shape index (κ3) is 4.30. The van der Waals surface area contributed by atoms with Crippen LogP contribution in [-0.4, -0.2) is 37.0 Å². The fourth-order valence-electron chi connectivity index (χ4n) is 2.69. The first-order valence-corrected chi connectivity index (χ1v) is 7.27. The molecule has 2 fully saturated rings. The summed E-state index contributed by atoms with van der Waals surface area (Å²) in [5.41, 5.74) is 0. The number of nitrogens with zero attached hydrogens (tertiary/aromatic N) is 1. The Bertz CT molecular complexity index is 247. The summed E-state index contributed by atoms with van der Waals surface area (Å²) in [4.78, 5) is 14.2. The minimum absolute atomic E-state index is 0.286. The average molecular weight is 238 g/mol. The highest BCUT2D eigenvalue weighted by Crippen LogP contribution is 2.37. The molecular formula is C14H26N2O. The van der Waals surface area contributed by atoms with Crippen LogP contribution in [0.3, 0.4) is 0 Å². The number of rotatable bonds is 5. The van der Waals surface area contributed by atoms with Crippen molar-refractivity contribution < 1.29 is 4.79 Å². The van der Waals surface area contributed by atoms with Crippen LogP contribution in [0.25, 0.3) is 0 Å². The van der Waals surface area contributed by atoms with Crippen molar-refractivity contribution in [2.45, 2.75) is 45.4 Å². The van der Waals surface area contributed by atoms with Gasteiger partial charge >= 0.3 is 0 Å². The lowest BCUT2D eigenvalue weighted by atomic mass is 10.2. The molecule has 3 nitrogen and oxygen atoms in total. The van der Waals surface area contributed by atoms with Crippen molar-refractivity contribution in [3.63, 3.8) is 0 Å². The SMILES string of the molecule is C[C@H]1C[C@H]1C(=O)NCCCN1CCCCCC1. The molecule has 1 saturated carbocycles. The molecule has 1 heterocycles. The van der Waals surface area contributed by atoms with Crippen LogP contribution in [0.1, 0.15) is 45.4 Å². The zero-order valence-electron chi connectivity index (χ0n) is 11.1. The highest BCUT2D eigenvalue weighted by molar-refractivity contribution is 5.81. The van der Waals surface area contributed by atoms with E-state index < -0.39 is 0 Å². The second-order valence-corrected chi connectivity index (χ2v) is 5.72. The van der Waals surface area contributed by atoms with Crippen molar-refractivity contribution in [2.24, 2.45) is 11.8 Å².